The van der Waals surface area contributed by atoms with Crippen LogP contribution in [0.4, 0.5) is 0 Å². The van der Waals surface area contributed by atoms with Gasteiger partial charge in [0, 0.05) is 0 Å². The molecular weight excluding hydrogens is 130 g/mol. The van der Waals surface area contributed by atoms with Gasteiger partial charge in [-0.25, -0.2) is 0 Å². The van der Waals surface area contributed by atoms with Crippen LogP contribution in [-0.4, -0.2) is 64.9 Å². The van der Waals surface area contributed by atoms with Crippen LogP contribution in [0.3, 0.4) is 0 Å². The smallest absolute Gasteiger partial charge is 1.00 e. The fourth-order valence-electron chi connectivity index (χ4n) is 0. The first-order valence-electron chi connectivity index (χ1n) is 0.447. The van der Waals surface area contributed by atoms with Crippen LogP contribution in [0.1, 0.15) is 2.85 Å². The molecule has 2 N–H and O–H groups in total. The van der Waals surface area contributed by atoms with Crippen LogP contribution in [0.5, 0.6) is 0 Å². The molecule has 0 aromatic rings. The number of hydrogen-bond donors (Lipinski definition) is 2. The van der Waals surface area contributed by atoms with Crippen molar-refractivity contribution in [3.63, 3.8) is 0 Å². The van der Waals surface area contributed by atoms with Crippen LogP contribution in [0.2, 0.25) is 0 Å². The topological polar surface area (TPSA) is 40.5 Å². The van der Waals surface area contributed by atoms with E-state index in [0.29, 0.717) is 0 Å². The molecule has 0 aromatic carbocycles. The minimum atomic E-state index is -0.917. The van der Waals surface area contributed by atoms with E-state index >= 15 is 0 Å². The fraction of sp³-hybridized carbons (Fsp3) is 0. The zero-order valence-electron chi connectivity index (χ0n) is 4.81. The predicted molar refractivity (Wildman–Crippen MR) is 27.9 cm³/mol. The van der Waals surface area contributed by atoms with Crippen molar-refractivity contribution >= 4 is 64.1 Å². The fourth-order valence-corrected chi connectivity index (χ4v) is 0. The summed E-state index contributed by atoms with van der Waals surface area (Å²) in [5, 5.41) is 0. The Balaban J connectivity index is -0.00000000333. The Labute approximate surface area is 76.0 Å². The van der Waals surface area contributed by atoms with E-state index in [9.17, 15) is 0 Å². The number of hydrogen-bond acceptors (Lipinski definition) is 2. The standard InChI is InChI=1S/Al.Ca.H3O2P.3H/c;;1-3-2;;;/h;;1-3H;;;/q;+2;;;2*-1. The molecule has 0 aliphatic carbocycles. The Morgan fingerprint density at radius 1 is 1.40 bits per heavy atom. The van der Waals surface area contributed by atoms with Crippen molar-refractivity contribution in [1.29, 1.82) is 0 Å². The summed E-state index contributed by atoms with van der Waals surface area (Å²) in [6.45, 7) is 0. The van der Waals surface area contributed by atoms with Gasteiger partial charge in [-0.3, -0.25) is 0 Å². The second kappa shape index (κ2) is 16.4. The maximum atomic E-state index is 7.15. The number of rotatable bonds is 0. The molecule has 2 radical (unpaired) electrons. The molecule has 0 atom stereocenters. The van der Waals surface area contributed by atoms with Gasteiger partial charge in [0.2, 0.25) is 0 Å². The van der Waals surface area contributed by atoms with Crippen molar-refractivity contribution in [2.24, 2.45) is 0 Å². The van der Waals surface area contributed by atoms with E-state index in [4.69, 9.17) is 9.79 Å². The van der Waals surface area contributed by atoms with Crippen LogP contribution in [0, 0.1) is 0 Å². The first-order valence-corrected chi connectivity index (χ1v) is 1.34. The Morgan fingerprint density at radius 2 is 1.40 bits per heavy atom. The van der Waals surface area contributed by atoms with Crippen LogP contribution in [0.15, 0.2) is 0 Å². The van der Waals surface area contributed by atoms with Gasteiger partial charge in [-0.15, -0.1) is 0 Å². The van der Waals surface area contributed by atoms with E-state index in [1.54, 1.807) is 0 Å². The molecule has 0 unspecified atom stereocenters. The van der Waals surface area contributed by atoms with E-state index in [2.05, 4.69) is 0 Å². The van der Waals surface area contributed by atoms with Gasteiger partial charge in [-0.05, 0) is 0 Å². The van der Waals surface area contributed by atoms with Gasteiger partial charge in [0.05, 0.1) is 17.4 Å². The maximum Gasteiger partial charge on any atom is 2.00 e. The zero-order valence-corrected chi connectivity index (χ0v) is 7.43. The minimum Gasteiger partial charge on any atom is -1.00 e. The maximum absolute atomic E-state index is 7.15. The molecule has 0 aliphatic rings. The average Bonchev–Trinajstić information content (AvgIpc) is 0.918. The average molecular weight is 136 g/mol. The van der Waals surface area contributed by atoms with Crippen molar-refractivity contribution in [1.82, 2.24) is 0 Å². The zero-order chi connectivity index (χ0) is 2.71. The molecule has 5 heavy (non-hydrogen) atoms. The summed E-state index contributed by atoms with van der Waals surface area (Å²) in [6.07, 6.45) is 0. The second-order valence-corrected chi connectivity index (χ2v) is 0.300. The van der Waals surface area contributed by atoms with E-state index in [0.717, 1.165) is 0 Å². The van der Waals surface area contributed by atoms with E-state index in [-0.39, 0.29) is 58.0 Å². The van der Waals surface area contributed by atoms with Crippen LogP contribution >= 0.6 is 9.03 Å². The molecule has 2 nitrogen and oxygen atoms in total. The third-order valence-electron chi connectivity index (χ3n) is 0. The Bertz CT molecular complexity index is 15.7. The van der Waals surface area contributed by atoms with Gasteiger partial charge in [0.15, 0.2) is 0 Å². The van der Waals surface area contributed by atoms with Gasteiger partial charge in [0.1, 0.15) is 9.03 Å². The first kappa shape index (κ1) is 15.7. The normalized spacial score (nSPS) is 3.60. The quantitative estimate of drug-likeness (QED) is 0.320. The summed E-state index contributed by atoms with van der Waals surface area (Å²) in [7, 11) is -0.917. The molecule has 0 aromatic heterocycles. The van der Waals surface area contributed by atoms with Gasteiger partial charge >= 0.3 is 37.7 Å². The molecule has 5 heteroatoms. The van der Waals surface area contributed by atoms with Crippen molar-refractivity contribution in [3.05, 3.63) is 0 Å². The summed E-state index contributed by atoms with van der Waals surface area (Å²) < 4.78 is 0. The molecule has 28 valence electrons. The summed E-state index contributed by atoms with van der Waals surface area (Å²) in [4.78, 5) is 14.3. The largest absolute Gasteiger partial charge is 2.00 e. The molecule has 0 rings (SSSR count). The van der Waals surface area contributed by atoms with Gasteiger partial charge < -0.3 is 12.6 Å². The van der Waals surface area contributed by atoms with E-state index in [1.165, 1.54) is 0 Å². The molecule has 0 fully saturated rings. The third kappa shape index (κ3) is 23.0. The summed E-state index contributed by atoms with van der Waals surface area (Å²) in [6, 6.07) is 0. The predicted octanol–water partition coefficient (Wildman–Crippen LogP) is -1.32. The van der Waals surface area contributed by atoms with Crippen LogP contribution < -0.4 is 0 Å². The minimum absolute atomic E-state index is 0. The Hall–Kier alpha value is 2.14. The van der Waals surface area contributed by atoms with Gasteiger partial charge in [0.25, 0.3) is 0 Å². The van der Waals surface area contributed by atoms with Gasteiger partial charge in [-0.1, -0.05) is 0 Å². The summed E-state index contributed by atoms with van der Waals surface area (Å²) >= 11 is 0. The Morgan fingerprint density at radius 3 is 1.40 bits per heavy atom. The van der Waals surface area contributed by atoms with Crippen molar-refractivity contribution in [2.75, 3.05) is 0 Å². The van der Waals surface area contributed by atoms with Gasteiger partial charge in [-0.2, -0.15) is 0 Å². The molecule has 0 bridgehead atoms. The monoisotopic (exact) mass is 136 g/mol. The summed E-state index contributed by atoms with van der Waals surface area (Å²) in [5.74, 6) is 0. The second-order valence-electron chi connectivity index (χ2n) is 0.100. The molecule has 0 saturated heterocycles. The van der Waals surface area contributed by atoms with E-state index < -0.39 is 9.03 Å². The van der Waals surface area contributed by atoms with E-state index in [1.807, 2.05) is 0 Å². The molecule has 0 saturated carbocycles. The Kier molecular flexibility index (Phi) is 51.7. The third-order valence-corrected chi connectivity index (χ3v) is 0. The molecule has 0 amide bonds. The molecular formula is H6AlCaO2P. The summed E-state index contributed by atoms with van der Waals surface area (Å²) in [5.41, 5.74) is 0. The van der Waals surface area contributed by atoms with Crippen LogP contribution in [0.25, 0.3) is 0 Å². The molecule has 0 aliphatic heterocycles. The van der Waals surface area contributed by atoms with Crippen molar-refractivity contribution in [2.45, 2.75) is 0 Å². The SMILES string of the molecule is OPO.[AlH].[Ca+2].[H-].[H-]. The van der Waals surface area contributed by atoms with Crippen molar-refractivity contribution in [3.8, 4) is 0 Å². The van der Waals surface area contributed by atoms with Crippen LogP contribution in [-0.2, 0) is 0 Å². The van der Waals surface area contributed by atoms with Crippen molar-refractivity contribution < 1.29 is 12.6 Å². The molecule has 0 heterocycles. The molecule has 0 spiro atoms. The first-order chi connectivity index (χ1) is 1.41.